The highest BCUT2D eigenvalue weighted by atomic mass is 32.2. The first-order valence-electron chi connectivity index (χ1n) is 7.03. The zero-order valence-corrected chi connectivity index (χ0v) is 12.4. The Labute approximate surface area is 114 Å². The lowest BCUT2D eigenvalue weighted by atomic mass is 9.74. The van der Waals surface area contributed by atoms with Gasteiger partial charge in [-0.1, -0.05) is 0 Å². The Morgan fingerprint density at radius 3 is 2.89 bits per heavy atom. The fraction of sp³-hybridized carbons (Fsp3) is 0.786. The average molecular weight is 265 g/mol. The van der Waals surface area contributed by atoms with Crippen LogP contribution in [-0.2, 0) is 12.8 Å². The molecule has 18 heavy (non-hydrogen) atoms. The normalized spacial score (nSPS) is 28.2. The number of rotatable bonds is 2. The van der Waals surface area contributed by atoms with E-state index in [9.17, 15) is 0 Å². The zero-order chi connectivity index (χ0) is 12.7. The lowest BCUT2D eigenvalue weighted by molar-refractivity contribution is 0.0868. The molecule has 1 aromatic rings. The molecule has 1 aromatic heterocycles. The van der Waals surface area contributed by atoms with E-state index >= 15 is 0 Å². The number of hydrogen-bond acceptors (Lipinski definition) is 3. The molecule has 3 nitrogen and oxygen atoms in total. The van der Waals surface area contributed by atoms with E-state index in [0.717, 1.165) is 11.8 Å². The number of H-pyrrole nitrogens is 1. The zero-order valence-electron chi connectivity index (χ0n) is 11.6. The van der Waals surface area contributed by atoms with Crippen molar-refractivity contribution in [2.24, 2.45) is 11.8 Å². The molecule has 100 valence electrons. The Bertz CT molecular complexity index is 427. The topological polar surface area (TPSA) is 31.9 Å². The maximum Gasteiger partial charge on any atom is 0.121 e. The van der Waals surface area contributed by atoms with Gasteiger partial charge in [-0.15, -0.1) is 11.8 Å². The van der Waals surface area contributed by atoms with Crippen LogP contribution in [0, 0.1) is 11.8 Å². The van der Waals surface area contributed by atoms with E-state index in [1.165, 1.54) is 48.6 Å². The molecule has 2 atom stereocenters. The molecular weight excluding hydrogens is 242 g/mol. The molecule has 1 aliphatic heterocycles. The van der Waals surface area contributed by atoms with Crippen molar-refractivity contribution in [3.05, 3.63) is 11.3 Å². The second-order valence-corrected chi connectivity index (χ2v) is 6.79. The number of nitrogens with zero attached hydrogens (tertiary/aromatic N) is 2. The van der Waals surface area contributed by atoms with Crippen LogP contribution in [0.15, 0.2) is 5.03 Å². The molecule has 1 saturated heterocycles. The Kier molecular flexibility index (Phi) is 3.41. The number of hydrogen-bond donors (Lipinski definition) is 1. The van der Waals surface area contributed by atoms with Gasteiger partial charge in [0.25, 0.3) is 0 Å². The third-order valence-electron chi connectivity index (χ3n) is 4.69. The molecule has 0 bridgehead atoms. The van der Waals surface area contributed by atoms with Gasteiger partial charge in [0.1, 0.15) is 5.03 Å². The monoisotopic (exact) mass is 265 g/mol. The van der Waals surface area contributed by atoms with Crippen molar-refractivity contribution >= 4 is 11.8 Å². The predicted molar refractivity (Wildman–Crippen MR) is 76.1 cm³/mol. The molecule has 0 unspecified atom stereocenters. The molecule has 0 amide bonds. The minimum absolute atomic E-state index is 0.691. The van der Waals surface area contributed by atoms with Crippen LogP contribution in [0.3, 0.4) is 0 Å². The molecule has 0 spiro atoms. The second-order valence-electron chi connectivity index (χ2n) is 6.00. The lowest BCUT2D eigenvalue weighted by Crippen LogP contribution is -2.46. The van der Waals surface area contributed by atoms with Gasteiger partial charge in [0.15, 0.2) is 0 Å². The number of piperidine rings is 1. The summed E-state index contributed by atoms with van der Waals surface area (Å²) in [4.78, 5) is 2.64. The third-order valence-corrected chi connectivity index (χ3v) is 5.42. The van der Waals surface area contributed by atoms with Crippen molar-refractivity contribution in [2.75, 3.05) is 19.3 Å². The number of aromatic amines is 1. The van der Waals surface area contributed by atoms with Crippen LogP contribution in [0.5, 0.6) is 0 Å². The Hall–Kier alpha value is -0.480. The quantitative estimate of drug-likeness (QED) is 0.834. The predicted octanol–water partition coefficient (Wildman–Crippen LogP) is 2.58. The van der Waals surface area contributed by atoms with Crippen molar-refractivity contribution in [3.8, 4) is 0 Å². The maximum absolute atomic E-state index is 4.45. The molecule has 4 heteroatoms. The molecule has 2 aliphatic rings. The number of fused-ring (bicyclic) bond motifs is 2. The minimum Gasteiger partial charge on any atom is -0.301 e. The average Bonchev–Trinajstić information content (AvgIpc) is 2.77. The molecule has 0 radical (unpaired) electrons. The number of aromatic nitrogens is 2. The molecule has 2 heterocycles. The summed E-state index contributed by atoms with van der Waals surface area (Å²) in [7, 11) is 0. The van der Waals surface area contributed by atoms with E-state index in [4.69, 9.17) is 0 Å². The molecular formula is C14H23N3S. The first-order valence-corrected chi connectivity index (χ1v) is 8.25. The largest absolute Gasteiger partial charge is 0.301 e. The van der Waals surface area contributed by atoms with Crippen molar-refractivity contribution in [1.29, 1.82) is 0 Å². The molecule has 1 fully saturated rings. The van der Waals surface area contributed by atoms with Gasteiger partial charge >= 0.3 is 0 Å². The Morgan fingerprint density at radius 2 is 2.17 bits per heavy atom. The highest BCUT2D eigenvalue weighted by Crippen LogP contribution is 2.38. The van der Waals surface area contributed by atoms with Gasteiger partial charge in [0.05, 0.1) is 0 Å². The molecule has 1 aliphatic carbocycles. The van der Waals surface area contributed by atoms with Gasteiger partial charge in [0.2, 0.25) is 0 Å². The van der Waals surface area contributed by atoms with Crippen molar-refractivity contribution < 1.29 is 0 Å². The van der Waals surface area contributed by atoms with Crippen LogP contribution < -0.4 is 0 Å². The fourth-order valence-electron chi connectivity index (χ4n) is 3.53. The highest BCUT2D eigenvalue weighted by Gasteiger charge is 2.36. The van der Waals surface area contributed by atoms with E-state index in [1.807, 2.05) is 0 Å². The van der Waals surface area contributed by atoms with Crippen molar-refractivity contribution in [2.45, 2.75) is 44.2 Å². The van der Waals surface area contributed by atoms with Crippen molar-refractivity contribution in [1.82, 2.24) is 15.1 Å². The van der Waals surface area contributed by atoms with Gasteiger partial charge < -0.3 is 4.90 Å². The van der Waals surface area contributed by atoms with Crippen LogP contribution in [0.2, 0.25) is 0 Å². The standard InChI is InChI=1S/C14H23N3S/c1-9(2)17-5-4-10-7-13-12(6-11(10)8-17)14(18-3)16-15-13/h9-11H,4-8H2,1-3H3,(H,15,16)/t10-,11+/m1/s1. The van der Waals surface area contributed by atoms with E-state index in [1.54, 1.807) is 11.8 Å². The Balaban J connectivity index is 1.80. The van der Waals surface area contributed by atoms with Crippen LogP contribution >= 0.6 is 11.8 Å². The number of thioether (sulfide) groups is 1. The molecule has 1 N–H and O–H groups in total. The SMILES string of the molecule is CSc1n[nH]c2c1C[C@H]1CN(C(C)C)CC[C@@H]1C2. The van der Waals surface area contributed by atoms with Gasteiger partial charge in [-0.25, -0.2) is 0 Å². The van der Waals surface area contributed by atoms with E-state index < -0.39 is 0 Å². The first kappa shape index (κ1) is 12.5. The van der Waals surface area contributed by atoms with Gasteiger partial charge in [0, 0.05) is 23.8 Å². The fourth-order valence-corrected chi connectivity index (χ4v) is 4.12. The van der Waals surface area contributed by atoms with Gasteiger partial charge in [-0.3, -0.25) is 5.10 Å². The minimum atomic E-state index is 0.691. The smallest absolute Gasteiger partial charge is 0.121 e. The van der Waals surface area contributed by atoms with Crippen LogP contribution in [-0.4, -0.2) is 40.5 Å². The summed E-state index contributed by atoms with van der Waals surface area (Å²) < 4.78 is 0. The van der Waals surface area contributed by atoms with E-state index in [-0.39, 0.29) is 0 Å². The molecule has 3 rings (SSSR count). The second kappa shape index (κ2) is 4.89. The first-order chi connectivity index (χ1) is 8.69. The summed E-state index contributed by atoms with van der Waals surface area (Å²) in [5, 5.41) is 8.94. The van der Waals surface area contributed by atoms with Gasteiger partial charge in [-0.2, -0.15) is 5.10 Å². The van der Waals surface area contributed by atoms with Gasteiger partial charge in [-0.05, 0) is 57.7 Å². The van der Waals surface area contributed by atoms with Crippen LogP contribution in [0.4, 0.5) is 0 Å². The molecule has 0 saturated carbocycles. The Morgan fingerprint density at radius 1 is 1.33 bits per heavy atom. The number of nitrogens with one attached hydrogen (secondary N) is 1. The summed E-state index contributed by atoms with van der Waals surface area (Å²) in [6.07, 6.45) is 5.94. The van der Waals surface area contributed by atoms with Crippen LogP contribution in [0.1, 0.15) is 31.5 Å². The third kappa shape index (κ3) is 2.10. The maximum atomic E-state index is 4.45. The van der Waals surface area contributed by atoms with Crippen molar-refractivity contribution in [3.63, 3.8) is 0 Å². The summed E-state index contributed by atoms with van der Waals surface area (Å²) >= 11 is 1.78. The van der Waals surface area contributed by atoms with E-state index in [2.05, 4.69) is 35.2 Å². The summed E-state index contributed by atoms with van der Waals surface area (Å²) in [6.45, 7) is 7.19. The molecule has 0 aromatic carbocycles. The number of likely N-dealkylation sites (tertiary alicyclic amines) is 1. The lowest BCUT2D eigenvalue weighted by Gasteiger charge is -2.42. The van der Waals surface area contributed by atoms with E-state index in [0.29, 0.717) is 6.04 Å². The summed E-state index contributed by atoms with van der Waals surface area (Å²) in [6, 6.07) is 0.691. The summed E-state index contributed by atoms with van der Waals surface area (Å²) in [5.41, 5.74) is 2.92. The summed E-state index contributed by atoms with van der Waals surface area (Å²) in [5.74, 6) is 1.72. The highest BCUT2D eigenvalue weighted by molar-refractivity contribution is 7.98. The van der Waals surface area contributed by atoms with Crippen LogP contribution in [0.25, 0.3) is 0 Å².